The number of nitrogens with one attached hydrogen (secondary N) is 1. The highest BCUT2D eigenvalue weighted by molar-refractivity contribution is 6.31. The van der Waals surface area contributed by atoms with Gasteiger partial charge < -0.3 is 15.0 Å². The molecular formula is C21H20ClFN2O4. The zero-order valence-electron chi connectivity index (χ0n) is 16.0. The first-order chi connectivity index (χ1) is 13.7. The quantitative estimate of drug-likeness (QED) is 0.752. The Morgan fingerprint density at radius 2 is 1.97 bits per heavy atom. The van der Waals surface area contributed by atoms with Crippen LogP contribution in [0.5, 0.6) is 0 Å². The number of nitrogens with zero attached hydrogens (tertiary/aromatic N) is 1. The van der Waals surface area contributed by atoms with Crippen LogP contribution in [0.4, 0.5) is 15.8 Å². The molecule has 1 saturated heterocycles. The number of halogens is 2. The zero-order valence-corrected chi connectivity index (χ0v) is 16.8. The van der Waals surface area contributed by atoms with E-state index in [0.717, 1.165) is 22.9 Å². The predicted octanol–water partition coefficient (Wildman–Crippen LogP) is 3.63. The molecule has 1 fully saturated rings. The van der Waals surface area contributed by atoms with Crippen LogP contribution in [0.15, 0.2) is 36.4 Å². The van der Waals surface area contributed by atoms with E-state index in [0.29, 0.717) is 0 Å². The van der Waals surface area contributed by atoms with E-state index in [1.165, 1.54) is 12.1 Å². The van der Waals surface area contributed by atoms with Gasteiger partial charge in [0.15, 0.2) is 6.61 Å². The molecule has 0 radical (unpaired) electrons. The third kappa shape index (κ3) is 4.92. The van der Waals surface area contributed by atoms with Crippen LogP contribution in [0, 0.1) is 25.6 Å². The molecule has 29 heavy (non-hydrogen) atoms. The van der Waals surface area contributed by atoms with Gasteiger partial charge in [0.2, 0.25) is 5.91 Å². The summed E-state index contributed by atoms with van der Waals surface area (Å²) in [6, 6.07) is 9.40. The van der Waals surface area contributed by atoms with Crippen molar-refractivity contribution in [2.75, 3.05) is 23.4 Å². The second-order valence-corrected chi connectivity index (χ2v) is 7.37. The van der Waals surface area contributed by atoms with E-state index < -0.39 is 30.2 Å². The second kappa shape index (κ2) is 8.61. The summed E-state index contributed by atoms with van der Waals surface area (Å²) in [6.07, 6.45) is 0.0287. The average Bonchev–Trinajstić information content (AvgIpc) is 3.07. The van der Waals surface area contributed by atoms with Crippen molar-refractivity contribution in [1.82, 2.24) is 0 Å². The van der Waals surface area contributed by atoms with Crippen LogP contribution in [0.2, 0.25) is 5.02 Å². The number of rotatable bonds is 5. The van der Waals surface area contributed by atoms with Gasteiger partial charge >= 0.3 is 5.97 Å². The van der Waals surface area contributed by atoms with Crippen molar-refractivity contribution >= 4 is 40.8 Å². The molecule has 0 unspecified atom stereocenters. The van der Waals surface area contributed by atoms with E-state index in [2.05, 4.69) is 5.32 Å². The Hall–Kier alpha value is -2.93. The van der Waals surface area contributed by atoms with Crippen LogP contribution in [0.25, 0.3) is 0 Å². The van der Waals surface area contributed by atoms with Crippen molar-refractivity contribution in [3.63, 3.8) is 0 Å². The van der Waals surface area contributed by atoms with Crippen molar-refractivity contribution in [3.8, 4) is 0 Å². The molecule has 6 nitrogen and oxygen atoms in total. The lowest BCUT2D eigenvalue weighted by atomic mass is 10.1. The monoisotopic (exact) mass is 418 g/mol. The number of benzene rings is 2. The molecule has 1 aliphatic rings. The van der Waals surface area contributed by atoms with E-state index in [4.69, 9.17) is 16.3 Å². The van der Waals surface area contributed by atoms with Crippen molar-refractivity contribution < 1.29 is 23.5 Å². The van der Waals surface area contributed by atoms with Crippen LogP contribution < -0.4 is 10.2 Å². The fraction of sp³-hybridized carbons (Fsp3) is 0.286. The lowest BCUT2D eigenvalue weighted by Gasteiger charge is -2.17. The minimum atomic E-state index is -0.642. The fourth-order valence-electron chi connectivity index (χ4n) is 3.03. The summed E-state index contributed by atoms with van der Waals surface area (Å²) in [7, 11) is 0. The summed E-state index contributed by atoms with van der Waals surface area (Å²) in [4.78, 5) is 38.1. The molecule has 152 valence electrons. The lowest BCUT2D eigenvalue weighted by molar-refractivity contribution is -0.151. The van der Waals surface area contributed by atoms with Gasteiger partial charge in [-0.15, -0.1) is 0 Å². The number of hydrogen-bond donors (Lipinski definition) is 1. The standard InChI is InChI=1S/C21H20ClFN2O4/c1-12-3-5-16(7-13(12)2)25-10-14(8-20(25)27)21(28)29-11-19(26)24-15-4-6-18(23)17(22)9-15/h3-7,9,14H,8,10-11H2,1-2H3,(H,24,26)/t14-/m1/s1. The maximum Gasteiger partial charge on any atom is 0.311 e. The molecule has 1 N–H and O–H groups in total. The topological polar surface area (TPSA) is 75.7 Å². The second-order valence-electron chi connectivity index (χ2n) is 6.96. The van der Waals surface area contributed by atoms with E-state index in [-0.39, 0.29) is 29.6 Å². The molecule has 0 saturated carbocycles. The van der Waals surface area contributed by atoms with Crippen molar-refractivity contribution in [3.05, 3.63) is 58.4 Å². The third-order valence-corrected chi connectivity index (χ3v) is 5.10. The molecule has 8 heteroatoms. The number of carbonyl (C=O) groups is 3. The summed E-state index contributed by atoms with van der Waals surface area (Å²) in [5.74, 6) is -2.61. The molecule has 1 heterocycles. The third-order valence-electron chi connectivity index (χ3n) is 4.81. The first-order valence-electron chi connectivity index (χ1n) is 9.03. The van der Waals surface area contributed by atoms with Gasteiger partial charge in [0.05, 0.1) is 10.9 Å². The van der Waals surface area contributed by atoms with Crippen LogP contribution >= 0.6 is 11.6 Å². The smallest absolute Gasteiger partial charge is 0.311 e. The van der Waals surface area contributed by atoms with Gasteiger partial charge in [-0.25, -0.2) is 4.39 Å². The number of esters is 1. The first kappa shape index (κ1) is 20.8. The van der Waals surface area contributed by atoms with Gasteiger partial charge in [0, 0.05) is 24.3 Å². The van der Waals surface area contributed by atoms with Gasteiger partial charge in [-0.1, -0.05) is 17.7 Å². The summed E-state index contributed by atoms with van der Waals surface area (Å²) in [6.45, 7) is 3.63. The minimum absolute atomic E-state index is 0.0287. The summed E-state index contributed by atoms with van der Waals surface area (Å²) in [5.41, 5.74) is 3.19. The number of anilines is 2. The first-order valence-corrected chi connectivity index (χ1v) is 9.41. The van der Waals surface area contributed by atoms with Crippen LogP contribution in [-0.4, -0.2) is 30.9 Å². The SMILES string of the molecule is Cc1ccc(N2C[C@H](C(=O)OCC(=O)Nc3ccc(F)c(Cl)c3)CC2=O)cc1C. The van der Waals surface area contributed by atoms with Crippen molar-refractivity contribution in [2.45, 2.75) is 20.3 Å². The fourth-order valence-corrected chi connectivity index (χ4v) is 3.21. The van der Waals surface area contributed by atoms with Crippen molar-refractivity contribution in [1.29, 1.82) is 0 Å². The number of aryl methyl sites for hydroxylation is 2. The molecular weight excluding hydrogens is 399 g/mol. The largest absolute Gasteiger partial charge is 0.455 e. The van der Waals surface area contributed by atoms with Crippen LogP contribution in [-0.2, 0) is 19.1 Å². The summed E-state index contributed by atoms with van der Waals surface area (Å²) < 4.78 is 18.2. The molecule has 2 aromatic rings. The normalized spacial score (nSPS) is 16.1. The maximum absolute atomic E-state index is 13.1. The molecule has 3 rings (SSSR count). The molecule has 2 amide bonds. The van der Waals surface area contributed by atoms with Crippen molar-refractivity contribution in [2.24, 2.45) is 5.92 Å². The molecule has 0 bridgehead atoms. The maximum atomic E-state index is 13.1. The number of ether oxygens (including phenoxy) is 1. The Bertz CT molecular complexity index is 979. The number of hydrogen-bond acceptors (Lipinski definition) is 4. The minimum Gasteiger partial charge on any atom is -0.455 e. The summed E-state index contributed by atoms with van der Waals surface area (Å²) >= 11 is 5.66. The van der Waals surface area contributed by atoms with E-state index in [1.807, 2.05) is 32.0 Å². The average molecular weight is 419 g/mol. The molecule has 0 aromatic heterocycles. The van der Waals surface area contributed by atoms with E-state index >= 15 is 0 Å². The Balaban J connectivity index is 1.54. The number of carbonyl (C=O) groups excluding carboxylic acids is 3. The highest BCUT2D eigenvalue weighted by Gasteiger charge is 2.36. The van der Waals surface area contributed by atoms with Gasteiger partial charge in [0.1, 0.15) is 5.82 Å². The molecule has 1 aliphatic heterocycles. The van der Waals surface area contributed by atoms with Gasteiger partial charge in [-0.2, -0.15) is 0 Å². The molecule has 2 aromatic carbocycles. The van der Waals surface area contributed by atoms with Gasteiger partial charge in [-0.3, -0.25) is 14.4 Å². The Morgan fingerprint density at radius 1 is 1.21 bits per heavy atom. The highest BCUT2D eigenvalue weighted by Crippen LogP contribution is 2.27. The lowest BCUT2D eigenvalue weighted by Crippen LogP contribution is -2.28. The van der Waals surface area contributed by atoms with Gasteiger partial charge in [-0.05, 0) is 55.3 Å². The molecule has 1 atom stereocenters. The zero-order chi connectivity index (χ0) is 21.1. The van der Waals surface area contributed by atoms with E-state index in [9.17, 15) is 18.8 Å². The molecule has 0 aliphatic carbocycles. The Morgan fingerprint density at radius 3 is 2.66 bits per heavy atom. The number of amides is 2. The van der Waals surface area contributed by atoms with Crippen LogP contribution in [0.3, 0.4) is 0 Å². The van der Waals surface area contributed by atoms with Crippen LogP contribution in [0.1, 0.15) is 17.5 Å². The Labute approximate surface area is 172 Å². The summed E-state index contributed by atoms with van der Waals surface area (Å²) in [5, 5.41) is 2.34. The van der Waals surface area contributed by atoms with E-state index in [1.54, 1.807) is 4.90 Å². The highest BCUT2D eigenvalue weighted by atomic mass is 35.5. The van der Waals surface area contributed by atoms with Gasteiger partial charge in [0.25, 0.3) is 5.91 Å². The predicted molar refractivity (Wildman–Crippen MR) is 107 cm³/mol. The Kier molecular flexibility index (Phi) is 6.17. The molecule has 0 spiro atoms.